The Morgan fingerprint density at radius 1 is 1.29 bits per heavy atom. The Morgan fingerprint density at radius 3 is 2.79 bits per heavy atom. The van der Waals surface area contributed by atoms with Crippen molar-refractivity contribution in [1.82, 2.24) is 9.55 Å². The monoisotopic (exact) mass is 546 g/mol. The lowest BCUT2D eigenvalue weighted by molar-refractivity contribution is -0.0279. The summed E-state index contributed by atoms with van der Waals surface area (Å²) >= 11 is 1.27. The number of fused-ring (bicyclic) bond motifs is 1. The number of rotatable bonds is 7. The quantitative estimate of drug-likeness (QED) is 0.392. The molecule has 0 saturated carbocycles. The summed E-state index contributed by atoms with van der Waals surface area (Å²) < 4.78 is 31.1. The van der Waals surface area contributed by atoms with Crippen LogP contribution in [0.1, 0.15) is 31.7 Å². The molecule has 3 heterocycles. The molecule has 2 aliphatic rings. The summed E-state index contributed by atoms with van der Waals surface area (Å²) in [6.45, 7) is 6.63. The van der Waals surface area contributed by atoms with Crippen LogP contribution in [-0.4, -0.2) is 50.1 Å². The van der Waals surface area contributed by atoms with E-state index >= 15 is 0 Å². The Labute approximate surface area is 209 Å². The summed E-state index contributed by atoms with van der Waals surface area (Å²) in [6, 6.07) is 9.19. The maximum Gasteiger partial charge on any atom is 0.475 e. The predicted molar refractivity (Wildman–Crippen MR) is 135 cm³/mol. The van der Waals surface area contributed by atoms with E-state index < -0.39 is 36.7 Å². The van der Waals surface area contributed by atoms with E-state index in [2.05, 4.69) is 25.8 Å². The van der Waals surface area contributed by atoms with Gasteiger partial charge in [0.15, 0.2) is 0 Å². The third kappa shape index (κ3) is 6.22. The Morgan fingerprint density at radius 2 is 2.06 bits per heavy atom. The van der Waals surface area contributed by atoms with Crippen LogP contribution in [0.5, 0.6) is 0 Å². The van der Waals surface area contributed by atoms with Crippen molar-refractivity contribution in [2.24, 2.45) is 0 Å². The molecule has 2 aliphatic heterocycles. The number of thioether (sulfide) groups is 1. The second kappa shape index (κ2) is 10.6. The summed E-state index contributed by atoms with van der Waals surface area (Å²) in [5, 5.41) is 9.75. The largest absolute Gasteiger partial charge is 0.475 e. The average Bonchev–Trinajstić information content (AvgIpc) is 3.08. The first-order chi connectivity index (χ1) is 16.0. The zero-order chi connectivity index (χ0) is 24.5. The molecule has 2 fully saturated rings. The molecule has 5 atom stereocenters. The minimum absolute atomic E-state index is 0.0485. The van der Waals surface area contributed by atoms with Gasteiger partial charge >= 0.3 is 13.5 Å². The van der Waals surface area contributed by atoms with Gasteiger partial charge in [0.05, 0.1) is 18.5 Å². The van der Waals surface area contributed by atoms with Gasteiger partial charge in [0.2, 0.25) is 0 Å². The number of aliphatic hydroxyl groups excluding tert-OH is 1. The fourth-order valence-corrected chi connectivity index (χ4v) is 8.84. The third-order valence-electron chi connectivity index (χ3n) is 5.06. The number of aliphatic hydroxyl groups is 1. The van der Waals surface area contributed by atoms with Gasteiger partial charge in [-0.25, -0.2) is 9.36 Å². The molecule has 4 rings (SSSR count). The Kier molecular flexibility index (Phi) is 8.10. The van der Waals surface area contributed by atoms with Crippen molar-refractivity contribution in [1.29, 1.82) is 0 Å². The Hall–Kier alpha value is -0.980. The maximum absolute atomic E-state index is 13.1. The van der Waals surface area contributed by atoms with Crippen molar-refractivity contribution in [2.45, 2.75) is 59.7 Å². The standard InChI is InChI=1S/C21H27N2O7PS3/c1-21(2,3)34-33-14-7-5-4-6-13(14)9-11-28-31(27)29-12-15-18(30-31)17(25)19(32-15)23-10-8-16(24)22-20(23)26/h4-8,10,15,17-19,25H,9,11-12H2,1-3H3,(H,22,24,26)/t15-,17+,18?,19-,31?/m1/s1. The molecule has 2 aromatic rings. The van der Waals surface area contributed by atoms with Gasteiger partial charge < -0.3 is 5.11 Å². The number of benzene rings is 1. The van der Waals surface area contributed by atoms with Crippen molar-refractivity contribution in [2.75, 3.05) is 13.2 Å². The highest BCUT2D eigenvalue weighted by Gasteiger charge is 2.53. The van der Waals surface area contributed by atoms with E-state index in [-0.39, 0.29) is 23.2 Å². The highest BCUT2D eigenvalue weighted by molar-refractivity contribution is 8.77. The molecule has 2 saturated heterocycles. The highest BCUT2D eigenvalue weighted by atomic mass is 33.1. The van der Waals surface area contributed by atoms with Gasteiger partial charge in [-0.15, -0.1) is 11.8 Å². The summed E-state index contributed by atoms with van der Waals surface area (Å²) in [4.78, 5) is 26.8. The van der Waals surface area contributed by atoms with E-state index in [0.29, 0.717) is 6.42 Å². The zero-order valence-corrected chi connectivity index (χ0v) is 22.3. The van der Waals surface area contributed by atoms with Gasteiger partial charge in [-0.3, -0.25) is 27.9 Å². The van der Waals surface area contributed by atoms with Gasteiger partial charge in [-0.1, -0.05) is 60.6 Å². The first kappa shape index (κ1) is 26.1. The van der Waals surface area contributed by atoms with Gasteiger partial charge in [0.25, 0.3) is 5.56 Å². The lowest BCUT2D eigenvalue weighted by Gasteiger charge is -2.31. The second-order valence-corrected chi connectivity index (χ2v) is 14.8. The van der Waals surface area contributed by atoms with Crippen molar-refractivity contribution < 1.29 is 23.2 Å². The van der Waals surface area contributed by atoms with Crippen molar-refractivity contribution in [3.05, 3.63) is 62.9 Å². The summed E-state index contributed by atoms with van der Waals surface area (Å²) in [5.74, 6) is 0. The molecule has 34 heavy (non-hydrogen) atoms. The number of phosphoric ester groups is 1. The number of aromatic amines is 1. The van der Waals surface area contributed by atoms with Crippen molar-refractivity contribution in [3.8, 4) is 0 Å². The maximum atomic E-state index is 13.1. The molecule has 2 unspecified atom stereocenters. The molecule has 0 spiro atoms. The van der Waals surface area contributed by atoms with E-state index in [4.69, 9.17) is 13.6 Å². The molecule has 1 aromatic carbocycles. The minimum atomic E-state index is -3.88. The predicted octanol–water partition coefficient (Wildman–Crippen LogP) is 3.83. The first-order valence-electron chi connectivity index (χ1n) is 10.7. The molecule has 2 N–H and O–H groups in total. The average molecular weight is 547 g/mol. The molecular weight excluding hydrogens is 519 g/mol. The van der Waals surface area contributed by atoms with Gasteiger partial charge in [-0.2, -0.15) is 0 Å². The topological polar surface area (TPSA) is 120 Å². The normalized spacial score (nSPS) is 29.2. The third-order valence-corrected chi connectivity index (χ3v) is 11.5. The van der Waals surface area contributed by atoms with Crippen LogP contribution >= 0.6 is 41.2 Å². The lowest BCUT2D eigenvalue weighted by atomic mass is 10.1. The number of aromatic nitrogens is 2. The molecular formula is C21H27N2O7PS3. The molecule has 0 bridgehead atoms. The Balaban J connectivity index is 1.37. The van der Waals surface area contributed by atoms with E-state index in [1.165, 1.54) is 28.6 Å². The number of H-pyrrole nitrogens is 1. The van der Waals surface area contributed by atoms with Gasteiger partial charge in [0, 0.05) is 21.9 Å². The second-order valence-electron chi connectivity index (χ2n) is 8.86. The van der Waals surface area contributed by atoms with Crippen molar-refractivity contribution >= 4 is 41.2 Å². The van der Waals surface area contributed by atoms with Crippen LogP contribution < -0.4 is 11.2 Å². The van der Waals surface area contributed by atoms with Crippen LogP contribution in [-0.2, 0) is 24.6 Å². The number of nitrogens with one attached hydrogen (secondary N) is 1. The summed E-state index contributed by atoms with van der Waals surface area (Å²) in [7, 11) is -0.417. The van der Waals surface area contributed by atoms with Gasteiger partial charge in [-0.05, 0) is 18.1 Å². The first-order valence-corrected chi connectivity index (χ1v) is 15.3. The van der Waals surface area contributed by atoms with Crippen LogP contribution in [0.25, 0.3) is 0 Å². The fraction of sp³-hybridized carbons (Fsp3) is 0.524. The minimum Gasteiger partial charge on any atom is -0.387 e. The van der Waals surface area contributed by atoms with E-state index in [1.54, 1.807) is 21.6 Å². The molecule has 186 valence electrons. The van der Waals surface area contributed by atoms with Crippen LogP contribution in [0.2, 0.25) is 0 Å². The zero-order valence-electron chi connectivity index (χ0n) is 18.9. The van der Waals surface area contributed by atoms with Crippen LogP contribution in [0.3, 0.4) is 0 Å². The van der Waals surface area contributed by atoms with E-state index in [9.17, 15) is 19.3 Å². The summed E-state index contributed by atoms with van der Waals surface area (Å²) in [5.41, 5.74) is -0.0884. The smallest absolute Gasteiger partial charge is 0.387 e. The molecule has 0 radical (unpaired) electrons. The molecule has 0 amide bonds. The number of nitrogens with zero attached hydrogens (tertiary/aromatic N) is 1. The van der Waals surface area contributed by atoms with Gasteiger partial charge in [0.1, 0.15) is 17.6 Å². The van der Waals surface area contributed by atoms with Crippen LogP contribution in [0.15, 0.2) is 51.0 Å². The van der Waals surface area contributed by atoms with Crippen molar-refractivity contribution in [3.63, 3.8) is 0 Å². The SMILES string of the molecule is CC(C)(C)SSc1ccccc1CCOP1(=O)OC[C@H]2S[C@@H](n3ccc(=O)[nH]c3=O)[C@@H](O)C2O1. The fourth-order valence-electron chi connectivity index (χ4n) is 3.48. The molecule has 9 nitrogen and oxygen atoms in total. The number of hydrogen-bond donors (Lipinski definition) is 2. The van der Waals surface area contributed by atoms with E-state index in [1.807, 2.05) is 24.3 Å². The molecule has 13 heteroatoms. The molecule has 1 aromatic heterocycles. The number of hydrogen-bond acceptors (Lipinski definition) is 10. The highest BCUT2D eigenvalue weighted by Crippen LogP contribution is 2.59. The summed E-state index contributed by atoms with van der Waals surface area (Å²) in [6.07, 6.45) is -0.125. The van der Waals surface area contributed by atoms with Crippen LogP contribution in [0, 0.1) is 0 Å². The molecule has 0 aliphatic carbocycles. The Bertz CT molecular complexity index is 1180. The number of phosphoric acid groups is 1. The lowest BCUT2D eigenvalue weighted by Crippen LogP contribution is -2.40. The van der Waals surface area contributed by atoms with E-state index in [0.717, 1.165) is 10.5 Å². The van der Waals surface area contributed by atoms with Crippen LogP contribution in [0.4, 0.5) is 0 Å².